The molecule has 0 saturated carbocycles. The zero-order valence-electron chi connectivity index (χ0n) is 7.04. The molecule has 0 radical (unpaired) electrons. The van der Waals surface area contributed by atoms with Gasteiger partial charge < -0.3 is 14.0 Å². The maximum atomic E-state index is 10.9. The monoisotopic (exact) mass is 192 g/mol. The average Bonchev–Trinajstić information content (AvgIpc) is 2.34. The summed E-state index contributed by atoms with van der Waals surface area (Å²) in [5, 5.41) is 0. The summed E-state index contributed by atoms with van der Waals surface area (Å²) in [5.74, 6) is -0.172. The van der Waals surface area contributed by atoms with Crippen molar-refractivity contribution in [1.82, 2.24) is 0 Å². The fraction of sp³-hybridized carbons (Fsp3) is 0.857. The summed E-state index contributed by atoms with van der Waals surface area (Å²) in [6.07, 6.45) is 1.13. The number of ether oxygens (including phenoxy) is 2. The molecular weight excluding hydrogens is 179 g/mol. The molecule has 0 aromatic heterocycles. The van der Waals surface area contributed by atoms with Gasteiger partial charge in [0.25, 0.3) is 0 Å². The van der Waals surface area contributed by atoms with Crippen molar-refractivity contribution in [3.05, 3.63) is 0 Å². The van der Waals surface area contributed by atoms with Crippen LogP contribution in [0.1, 0.15) is 12.8 Å². The van der Waals surface area contributed by atoms with E-state index >= 15 is 0 Å². The van der Waals surface area contributed by atoms with Crippen LogP contribution in [0.5, 0.6) is 0 Å². The van der Waals surface area contributed by atoms with E-state index in [4.69, 9.17) is 14.0 Å². The Morgan fingerprint density at radius 1 is 1.67 bits per heavy atom. The number of rotatable bonds is 4. The van der Waals surface area contributed by atoms with Gasteiger partial charge in [-0.05, 0) is 0 Å². The second-order valence-corrected chi connectivity index (χ2v) is 3.23. The molecular formula is C7H13O4P. The van der Waals surface area contributed by atoms with Crippen LogP contribution in [-0.4, -0.2) is 31.9 Å². The Bertz CT molecular complexity index is 165. The molecule has 1 aliphatic heterocycles. The average molecular weight is 192 g/mol. The standard InChI is InChI=1S/C7H13O4P/c1-9-4-7(5-10-12)3-2-6(8)11-7/h2-5,12H2,1H3. The Hall–Kier alpha value is -0.180. The van der Waals surface area contributed by atoms with E-state index in [1.165, 1.54) is 0 Å². The minimum absolute atomic E-state index is 0.172. The van der Waals surface area contributed by atoms with Crippen LogP contribution < -0.4 is 0 Å². The molecule has 1 rings (SSSR count). The van der Waals surface area contributed by atoms with Crippen molar-refractivity contribution < 1.29 is 18.8 Å². The van der Waals surface area contributed by atoms with Crippen molar-refractivity contribution in [2.45, 2.75) is 18.4 Å². The molecule has 0 aliphatic carbocycles. The Labute approximate surface area is 73.8 Å². The molecule has 2 unspecified atom stereocenters. The van der Waals surface area contributed by atoms with Crippen LogP contribution >= 0.6 is 9.47 Å². The summed E-state index contributed by atoms with van der Waals surface area (Å²) in [6, 6.07) is 0. The lowest BCUT2D eigenvalue weighted by molar-refractivity contribution is -0.155. The highest BCUT2D eigenvalue weighted by Crippen LogP contribution is 2.27. The van der Waals surface area contributed by atoms with Crippen LogP contribution in [0, 0.1) is 0 Å². The lowest BCUT2D eigenvalue weighted by atomic mass is 10.0. The Balaban J connectivity index is 2.54. The quantitative estimate of drug-likeness (QED) is 0.481. The predicted octanol–water partition coefficient (Wildman–Crippen LogP) is 0.515. The number of carbonyl (C=O) groups is 1. The lowest BCUT2D eigenvalue weighted by Gasteiger charge is -2.25. The van der Waals surface area contributed by atoms with E-state index < -0.39 is 5.60 Å². The Morgan fingerprint density at radius 2 is 2.42 bits per heavy atom. The maximum Gasteiger partial charge on any atom is 0.306 e. The summed E-state index contributed by atoms with van der Waals surface area (Å²) in [6.45, 7) is 0.768. The second-order valence-electron chi connectivity index (χ2n) is 2.90. The van der Waals surface area contributed by atoms with Gasteiger partial charge in [-0.3, -0.25) is 4.79 Å². The summed E-state index contributed by atoms with van der Waals surface area (Å²) >= 11 is 0. The molecule has 0 bridgehead atoms. The highest BCUT2D eigenvalue weighted by molar-refractivity contribution is 7.09. The van der Waals surface area contributed by atoms with E-state index in [1.807, 2.05) is 0 Å². The molecule has 5 heteroatoms. The van der Waals surface area contributed by atoms with E-state index in [0.717, 1.165) is 0 Å². The van der Waals surface area contributed by atoms with Gasteiger partial charge in [0, 0.05) is 29.4 Å². The molecule has 1 aliphatic rings. The molecule has 0 aromatic carbocycles. The minimum atomic E-state index is -0.548. The number of hydrogen-bond donors (Lipinski definition) is 0. The molecule has 0 amide bonds. The molecule has 1 saturated heterocycles. The first-order chi connectivity index (χ1) is 5.72. The zero-order valence-corrected chi connectivity index (χ0v) is 8.19. The molecule has 4 nitrogen and oxygen atoms in total. The highest BCUT2D eigenvalue weighted by Gasteiger charge is 2.40. The van der Waals surface area contributed by atoms with Gasteiger partial charge in [0.1, 0.15) is 0 Å². The fourth-order valence-electron chi connectivity index (χ4n) is 1.33. The summed E-state index contributed by atoms with van der Waals surface area (Å²) < 4.78 is 15.0. The third-order valence-corrected chi connectivity index (χ3v) is 2.04. The molecule has 0 N–H and O–H groups in total. The van der Waals surface area contributed by atoms with Gasteiger partial charge in [-0.2, -0.15) is 0 Å². The van der Waals surface area contributed by atoms with E-state index in [2.05, 4.69) is 9.47 Å². The largest absolute Gasteiger partial charge is 0.454 e. The van der Waals surface area contributed by atoms with E-state index in [0.29, 0.717) is 26.1 Å². The van der Waals surface area contributed by atoms with Gasteiger partial charge in [0.05, 0.1) is 13.2 Å². The van der Waals surface area contributed by atoms with Gasteiger partial charge in [0.15, 0.2) is 5.60 Å². The number of carbonyl (C=O) groups excluding carboxylic acids is 1. The smallest absolute Gasteiger partial charge is 0.306 e. The first-order valence-corrected chi connectivity index (χ1v) is 4.22. The van der Waals surface area contributed by atoms with E-state index in [9.17, 15) is 4.79 Å². The van der Waals surface area contributed by atoms with E-state index in [1.54, 1.807) is 7.11 Å². The summed E-state index contributed by atoms with van der Waals surface area (Å²) in [7, 11) is 3.72. The minimum Gasteiger partial charge on any atom is -0.454 e. The highest BCUT2D eigenvalue weighted by atomic mass is 31.0. The maximum absolute atomic E-state index is 10.9. The van der Waals surface area contributed by atoms with Crippen LogP contribution in [0.15, 0.2) is 0 Å². The Morgan fingerprint density at radius 3 is 2.83 bits per heavy atom. The van der Waals surface area contributed by atoms with Gasteiger partial charge in [-0.15, -0.1) is 0 Å². The number of cyclic esters (lactones) is 1. The van der Waals surface area contributed by atoms with Crippen LogP contribution in [0.2, 0.25) is 0 Å². The molecule has 70 valence electrons. The number of methoxy groups -OCH3 is 1. The first kappa shape index (κ1) is 9.90. The molecule has 1 heterocycles. The summed E-state index contributed by atoms with van der Waals surface area (Å²) in [5.41, 5.74) is -0.548. The van der Waals surface area contributed by atoms with Crippen molar-refractivity contribution in [1.29, 1.82) is 0 Å². The zero-order chi connectivity index (χ0) is 9.03. The second kappa shape index (κ2) is 4.17. The number of hydrogen-bond acceptors (Lipinski definition) is 4. The van der Waals surface area contributed by atoms with Gasteiger partial charge in [-0.1, -0.05) is 0 Å². The van der Waals surface area contributed by atoms with Crippen molar-refractivity contribution in [3.8, 4) is 0 Å². The first-order valence-electron chi connectivity index (χ1n) is 3.75. The van der Waals surface area contributed by atoms with Crippen LogP contribution in [-0.2, 0) is 18.8 Å². The third kappa shape index (κ3) is 2.16. The van der Waals surface area contributed by atoms with Crippen molar-refractivity contribution in [2.75, 3.05) is 20.3 Å². The molecule has 12 heavy (non-hydrogen) atoms. The topological polar surface area (TPSA) is 44.8 Å². The van der Waals surface area contributed by atoms with Crippen LogP contribution in [0.25, 0.3) is 0 Å². The van der Waals surface area contributed by atoms with Crippen molar-refractivity contribution in [2.24, 2.45) is 0 Å². The molecule has 2 atom stereocenters. The van der Waals surface area contributed by atoms with Crippen LogP contribution in [0.4, 0.5) is 0 Å². The molecule has 0 spiro atoms. The predicted molar refractivity (Wildman–Crippen MR) is 45.6 cm³/mol. The number of esters is 1. The van der Waals surface area contributed by atoms with Crippen molar-refractivity contribution in [3.63, 3.8) is 0 Å². The van der Waals surface area contributed by atoms with Crippen molar-refractivity contribution >= 4 is 15.4 Å². The van der Waals surface area contributed by atoms with Gasteiger partial charge >= 0.3 is 5.97 Å². The SMILES string of the molecule is COCC1(COP)CCC(=O)O1. The fourth-order valence-corrected chi connectivity index (χ4v) is 1.64. The molecule has 0 aromatic rings. The van der Waals surface area contributed by atoms with Crippen LogP contribution in [0.3, 0.4) is 0 Å². The van der Waals surface area contributed by atoms with Gasteiger partial charge in [0.2, 0.25) is 0 Å². The van der Waals surface area contributed by atoms with E-state index in [-0.39, 0.29) is 5.97 Å². The molecule has 1 fully saturated rings. The van der Waals surface area contributed by atoms with Gasteiger partial charge in [-0.25, -0.2) is 0 Å². The third-order valence-electron chi connectivity index (χ3n) is 1.87. The normalized spacial score (nSPS) is 29.0. The Kier molecular flexibility index (Phi) is 3.44. The lowest BCUT2D eigenvalue weighted by Crippen LogP contribution is -2.38. The summed E-state index contributed by atoms with van der Waals surface area (Å²) in [4.78, 5) is 10.9.